The quantitative estimate of drug-likeness (QED) is 0.704. The fourth-order valence-corrected chi connectivity index (χ4v) is 1.63. The molecule has 0 aromatic carbocycles. The van der Waals surface area contributed by atoms with Crippen LogP contribution in [0.15, 0.2) is 18.3 Å². The number of hydrogen-bond donors (Lipinski definition) is 3. The molecule has 19 heavy (non-hydrogen) atoms. The highest BCUT2D eigenvalue weighted by Gasteiger charge is 2.14. The van der Waals surface area contributed by atoms with Gasteiger partial charge in [-0.1, -0.05) is 13.8 Å². The molecule has 1 heterocycles. The number of hydrogen-bond acceptors (Lipinski definition) is 4. The number of nitrogens with zero attached hydrogens (tertiary/aromatic N) is 1. The van der Waals surface area contributed by atoms with Gasteiger partial charge in [0, 0.05) is 6.20 Å². The summed E-state index contributed by atoms with van der Waals surface area (Å²) in [6.07, 6.45) is 2.01. The van der Waals surface area contributed by atoms with Crippen LogP contribution >= 0.6 is 0 Å². The molecule has 6 heteroatoms. The molecule has 1 amide bonds. The maximum atomic E-state index is 11.7. The minimum Gasteiger partial charge on any atom is -0.478 e. The van der Waals surface area contributed by atoms with Gasteiger partial charge in [0.25, 0.3) is 0 Å². The normalized spacial score (nSPS) is 12.2. The van der Waals surface area contributed by atoms with E-state index < -0.39 is 12.0 Å². The van der Waals surface area contributed by atoms with Crippen LogP contribution in [0.1, 0.15) is 36.3 Å². The molecule has 4 N–H and O–H groups in total. The molecule has 0 spiro atoms. The average Bonchev–Trinajstić information content (AvgIpc) is 2.35. The molecular formula is C13H19N3O3. The number of carbonyl (C=O) groups is 2. The molecule has 0 saturated carbocycles. The lowest BCUT2D eigenvalue weighted by Gasteiger charge is -2.13. The van der Waals surface area contributed by atoms with Gasteiger partial charge in [-0.05, 0) is 24.5 Å². The Morgan fingerprint density at radius 3 is 2.74 bits per heavy atom. The first-order valence-electron chi connectivity index (χ1n) is 6.11. The highest BCUT2D eigenvalue weighted by atomic mass is 16.4. The molecule has 0 fully saturated rings. The highest BCUT2D eigenvalue weighted by Crippen LogP contribution is 2.04. The summed E-state index contributed by atoms with van der Waals surface area (Å²) in [5.41, 5.74) is 6.37. The lowest BCUT2D eigenvalue weighted by atomic mass is 10.0. The van der Waals surface area contributed by atoms with Crippen LogP contribution in [0.25, 0.3) is 0 Å². The van der Waals surface area contributed by atoms with Crippen LogP contribution in [0.3, 0.4) is 0 Å². The van der Waals surface area contributed by atoms with Crippen molar-refractivity contribution in [1.29, 1.82) is 0 Å². The number of aromatic nitrogens is 1. The highest BCUT2D eigenvalue weighted by molar-refractivity contribution is 5.87. The SMILES string of the molecule is CC(C)CC(N)C(=O)NCc1cc(C(=O)O)ccn1. The summed E-state index contributed by atoms with van der Waals surface area (Å²) in [6, 6.07) is 2.28. The molecule has 0 radical (unpaired) electrons. The van der Waals surface area contributed by atoms with Gasteiger partial charge in [0.15, 0.2) is 0 Å². The van der Waals surface area contributed by atoms with Crippen LogP contribution in [0.2, 0.25) is 0 Å². The van der Waals surface area contributed by atoms with E-state index in [1.165, 1.54) is 18.3 Å². The number of carbonyl (C=O) groups excluding carboxylic acids is 1. The third-order valence-corrected chi connectivity index (χ3v) is 2.57. The lowest BCUT2D eigenvalue weighted by molar-refractivity contribution is -0.122. The number of carboxylic acid groups (broad SMARTS) is 1. The van der Waals surface area contributed by atoms with Crippen molar-refractivity contribution < 1.29 is 14.7 Å². The third-order valence-electron chi connectivity index (χ3n) is 2.57. The zero-order valence-corrected chi connectivity index (χ0v) is 11.1. The van der Waals surface area contributed by atoms with E-state index in [0.717, 1.165) is 0 Å². The minimum atomic E-state index is -1.02. The summed E-state index contributed by atoms with van der Waals surface area (Å²) in [5.74, 6) is -0.933. The molecule has 1 atom stereocenters. The monoisotopic (exact) mass is 265 g/mol. The van der Waals surface area contributed by atoms with Crippen molar-refractivity contribution in [1.82, 2.24) is 10.3 Å². The zero-order valence-electron chi connectivity index (χ0n) is 11.1. The summed E-state index contributed by atoms with van der Waals surface area (Å²) < 4.78 is 0. The van der Waals surface area contributed by atoms with Crippen LogP contribution < -0.4 is 11.1 Å². The largest absolute Gasteiger partial charge is 0.478 e. The fourth-order valence-electron chi connectivity index (χ4n) is 1.63. The van der Waals surface area contributed by atoms with E-state index in [2.05, 4.69) is 10.3 Å². The molecule has 6 nitrogen and oxygen atoms in total. The lowest BCUT2D eigenvalue weighted by Crippen LogP contribution is -2.41. The Kier molecular flexibility index (Phi) is 5.44. The van der Waals surface area contributed by atoms with Gasteiger partial charge >= 0.3 is 5.97 Å². The van der Waals surface area contributed by atoms with Crippen molar-refractivity contribution in [2.75, 3.05) is 0 Å². The van der Waals surface area contributed by atoms with Crippen LogP contribution in [-0.4, -0.2) is 28.0 Å². The van der Waals surface area contributed by atoms with Crippen molar-refractivity contribution in [2.45, 2.75) is 32.9 Å². The van der Waals surface area contributed by atoms with E-state index in [-0.39, 0.29) is 18.0 Å². The maximum Gasteiger partial charge on any atom is 0.335 e. The number of nitrogens with one attached hydrogen (secondary N) is 1. The van der Waals surface area contributed by atoms with Gasteiger partial charge in [0.1, 0.15) is 0 Å². The molecule has 0 aliphatic carbocycles. The van der Waals surface area contributed by atoms with Gasteiger partial charge in [-0.25, -0.2) is 4.79 Å². The fraction of sp³-hybridized carbons (Fsp3) is 0.462. The standard InChI is InChI=1S/C13H19N3O3/c1-8(2)5-11(14)12(17)16-7-10-6-9(13(18)19)3-4-15-10/h3-4,6,8,11H,5,7,14H2,1-2H3,(H,16,17)(H,18,19). The third kappa shape index (κ3) is 5.05. The van der Waals surface area contributed by atoms with Crippen molar-refractivity contribution in [2.24, 2.45) is 11.7 Å². The molecule has 1 aromatic heterocycles. The van der Waals surface area contributed by atoms with Gasteiger partial charge < -0.3 is 16.2 Å². The Bertz CT molecular complexity index is 460. The van der Waals surface area contributed by atoms with Gasteiger partial charge in [0.05, 0.1) is 23.8 Å². The Morgan fingerprint density at radius 2 is 2.16 bits per heavy atom. The molecule has 0 aliphatic rings. The van der Waals surface area contributed by atoms with Crippen LogP contribution in [0, 0.1) is 5.92 Å². The van der Waals surface area contributed by atoms with E-state index in [9.17, 15) is 9.59 Å². The second kappa shape index (κ2) is 6.84. The summed E-state index contributed by atoms with van der Waals surface area (Å²) in [4.78, 5) is 26.5. The number of pyridine rings is 1. The van der Waals surface area contributed by atoms with Crippen LogP contribution in [-0.2, 0) is 11.3 Å². The Hall–Kier alpha value is -1.95. The van der Waals surface area contributed by atoms with Gasteiger partial charge in [-0.2, -0.15) is 0 Å². The topological polar surface area (TPSA) is 105 Å². The van der Waals surface area contributed by atoms with Gasteiger partial charge in [-0.3, -0.25) is 9.78 Å². The molecule has 0 saturated heterocycles. The molecular weight excluding hydrogens is 246 g/mol. The molecule has 0 aliphatic heterocycles. The van der Waals surface area contributed by atoms with E-state index in [4.69, 9.17) is 10.8 Å². The van der Waals surface area contributed by atoms with E-state index in [1.54, 1.807) is 0 Å². The second-order valence-electron chi connectivity index (χ2n) is 4.79. The molecule has 104 valence electrons. The number of aromatic carboxylic acids is 1. The van der Waals surface area contributed by atoms with Crippen molar-refractivity contribution in [3.8, 4) is 0 Å². The van der Waals surface area contributed by atoms with Crippen molar-refractivity contribution in [3.05, 3.63) is 29.6 Å². The second-order valence-corrected chi connectivity index (χ2v) is 4.79. The smallest absolute Gasteiger partial charge is 0.335 e. The zero-order chi connectivity index (χ0) is 14.4. The summed E-state index contributed by atoms with van der Waals surface area (Å²) in [5, 5.41) is 11.5. The van der Waals surface area contributed by atoms with Gasteiger partial charge in [-0.15, -0.1) is 0 Å². The summed E-state index contributed by atoms with van der Waals surface area (Å²) in [6.45, 7) is 4.15. The number of rotatable bonds is 6. The molecule has 1 rings (SSSR count). The molecule has 1 aromatic rings. The number of carboxylic acids is 1. The van der Waals surface area contributed by atoms with Crippen LogP contribution in [0.4, 0.5) is 0 Å². The van der Waals surface area contributed by atoms with Crippen LogP contribution in [0.5, 0.6) is 0 Å². The first-order chi connectivity index (χ1) is 8.90. The molecule has 0 bridgehead atoms. The first kappa shape index (κ1) is 15.1. The minimum absolute atomic E-state index is 0.144. The summed E-state index contributed by atoms with van der Waals surface area (Å²) in [7, 11) is 0. The Balaban J connectivity index is 2.54. The van der Waals surface area contributed by atoms with Gasteiger partial charge in [0.2, 0.25) is 5.91 Å². The first-order valence-corrected chi connectivity index (χ1v) is 6.11. The molecule has 1 unspecified atom stereocenters. The number of amides is 1. The Morgan fingerprint density at radius 1 is 1.47 bits per heavy atom. The summed E-state index contributed by atoms with van der Waals surface area (Å²) >= 11 is 0. The maximum absolute atomic E-state index is 11.7. The Labute approximate surface area is 112 Å². The average molecular weight is 265 g/mol. The van der Waals surface area contributed by atoms with E-state index in [1.807, 2.05) is 13.8 Å². The van der Waals surface area contributed by atoms with E-state index in [0.29, 0.717) is 18.0 Å². The predicted molar refractivity (Wildman–Crippen MR) is 70.5 cm³/mol. The predicted octanol–water partition coefficient (Wildman–Crippen LogP) is 0.769. The van der Waals surface area contributed by atoms with E-state index >= 15 is 0 Å². The van der Waals surface area contributed by atoms with Crippen molar-refractivity contribution >= 4 is 11.9 Å². The number of nitrogens with two attached hydrogens (primary N) is 1. The van der Waals surface area contributed by atoms with Crippen molar-refractivity contribution in [3.63, 3.8) is 0 Å².